The number of methoxy groups -OCH3 is 2. The van der Waals surface area contributed by atoms with Gasteiger partial charge in [0.2, 0.25) is 5.95 Å². The molecule has 39 heavy (non-hydrogen) atoms. The van der Waals surface area contributed by atoms with Gasteiger partial charge in [0, 0.05) is 23.3 Å². The lowest BCUT2D eigenvalue weighted by Gasteiger charge is -2.17. The molecule has 0 aliphatic heterocycles. The van der Waals surface area contributed by atoms with Crippen LogP contribution in [0.3, 0.4) is 0 Å². The van der Waals surface area contributed by atoms with Gasteiger partial charge in [-0.3, -0.25) is 14.3 Å². The van der Waals surface area contributed by atoms with Crippen molar-refractivity contribution < 1.29 is 19.0 Å². The third-order valence-electron chi connectivity index (χ3n) is 5.73. The summed E-state index contributed by atoms with van der Waals surface area (Å²) in [5.74, 6) is 0.364. The van der Waals surface area contributed by atoms with E-state index in [1.807, 2.05) is 0 Å². The molecule has 2 aromatic carbocycles. The molecule has 0 unspecified atom stereocenters. The first kappa shape index (κ1) is 27.4. The first-order valence-electron chi connectivity index (χ1n) is 11.9. The number of ether oxygens (including phenoxy) is 3. The molecule has 11 nitrogen and oxygen atoms in total. The molecule has 0 aliphatic carbocycles. The van der Waals surface area contributed by atoms with E-state index in [0.717, 1.165) is 10.1 Å². The molecule has 0 fully saturated rings. The predicted octanol–water partition coefficient (Wildman–Crippen LogP) is 3.86. The van der Waals surface area contributed by atoms with Crippen molar-refractivity contribution in [3.05, 3.63) is 98.5 Å². The molecule has 1 atom stereocenters. The Bertz CT molecular complexity index is 1570. The lowest BCUT2D eigenvalue weighted by Crippen LogP contribution is -2.44. The summed E-state index contributed by atoms with van der Waals surface area (Å²) in [4.78, 5) is 46.4. The lowest BCUT2D eigenvalue weighted by atomic mass is 10.2. The van der Waals surface area contributed by atoms with Crippen LogP contribution in [0, 0.1) is 5.92 Å². The van der Waals surface area contributed by atoms with Crippen molar-refractivity contribution in [1.29, 1.82) is 0 Å². The third-order valence-corrected chi connectivity index (χ3v) is 5.99. The molecule has 4 aromatic rings. The van der Waals surface area contributed by atoms with Gasteiger partial charge >= 0.3 is 17.3 Å². The van der Waals surface area contributed by atoms with Crippen molar-refractivity contribution in [3.63, 3.8) is 0 Å². The van der Waals surface area contributed by atoms with Crippen molar-refractivity contribution in [2.24, 2.45) is 5.92 Å². The van der Waals surface area contributed by atoms with Crippen LogP contribution >= 0.6 is 11.6 Å². The molecule has 0 bridgehead atoms. The normalized spacial score (nSPS) is 11.5. The van der Waals surface area contributed by atoms with E-state index < -0.39 is 23.3 Å². The van der Waals surface area contributed by atoms with Gasteiger partial charge in [0.25, 0.3) is 0 Å². The second-order valence-electron chi connectivity index (χ2n) is 8.56. The number of esters is 1. The fraction of sp³-hybridized carbons (Fsp3) is 0.222. The van der Waals surface area contributed by atoms with E-state index in [1.54, 1.807) is 81.0 Å². The van der Waals surface area contributed by atoms with Crippen molar-refractivity contribution in [2.45, 2.75) is 20.0 Å². The van der Waals surface area contributed by atoms with Crippen LogP contribution in [0.2, 0.25) is 5.02 Å². The van der Waals surface area contributed by atoms with E-state index in [1.165, 1.54) is 11.7 Å². The van der Waals surface area contributed by atoms with Crippen molar-refractivity contribution in [1.82, 2.24) is 19.1 Å². The standard InChI is InChI=1S/C27H26ClN5O6/c1-17(24(34)38-3)15-33-26(35)31-25(32(27(33)36)16-18-4-6-19(28)7-5-18)30-20-8-10-21(11-9-20)39-23-12-22(37-2)13-29-14-23/h4-14,17H,15-16H2,1-3H3,(H,30,31,35)/t17-/m0/s1. The molecule has 4 rings (SSSR count). The Balaban J connectivity index is 1.64. The number of carbonyl (C=O) groups is 1. The number of nitrogens with one attached hydrogen (secondary N) is 1. The highest BCUT2D eigenvalue weighted by Gasteiger charge is 2.20. The Morgan fingerprint density at radius 2 is 1.67 bits per heavy atom. The summed E-state index contributed by atoms with van der Waals surface area (Å²) in [5.41, 5.74) is -0.110. The molecular weight excluding hydrogens is 526 g/mol. The van der Waals surface area contributed by atoms with E-state index in [0.29, 0.717) is 28.0 Å². The topological polar surface area (TPSA) is 127 Å². The third kappa shape index (κ3) is 6.82. The first-order valence-corrected chi connectivity index (χ1v) is 12.2. The Kier molecular flexibility index (Phi) is 8.62. The van der Waals surface area contributed by atoms with Gasteiger partial charge in [0.05, 0.1) is 39.1 Å². The summed E-state index contributed by atoms with van der Waals surface area (Å²) in [6.45, 7) is 1.49. The monoisotopic (exact) mass is 551 g/mol. The zero-order valence-corrected chi connectivity index (χ0v) is 22.2. The number of rotatable bonds is 10. The number of benzene rings is 2. The minimum Gasteiger partial charge on any atom is -0.495 e. The molecule has 0 amide bonds. The van der Waals surface area contributed by atoms with E-state index in [9.17, 15) is 14.4 Å². The van der Waals surface area contributed by atoms with E-state index >= 15 is 0 Å². The zero-order chi connectivity index (χ0) is 27.9. The quantitative estimate of drug-likeness (QED) is 0.292. The van der Waals surface area contributed by atoms with Crippen LogP contribution in [-0.4, -0.2) is 39.3 Å². The average molecular weight is 552 g/mol. The summed E-state index contributed by atoms with van der Waals surface area (Å²) in [6, 6.07) is 15.5. The fourth-order valence-corrected chi connectivity index (χ4v) is 3.81. The van der Waals surface area contributed by atoms with E-state index in [-0.39, 0.29) is 19.0 Å². The van der Waals surface area contributed by atoms with Crippen LogP contribution in [0.1, 0.15) is 12.5 Å². The summed E-state index contributed by atoms with van der Waals surface area (Å²) in [5, 5.41) is 3.59. The van der Waals surface area contributed by atoms with Gasteiger partial charge in [0.1, 0.15) is 17.2 Å². The molecular formula is C27H26ClN5O6. The molecule has 12 heteroatoms. The number of aromatic nitrogens is 4. The molecule has 0 saturated heterocycles. The van der Waals surface area contributed by atoms with Crippen LogP contribution in [0.4, 0.5) is 11.6 Å². The lowest BCUT2D eigenvalue weighted by molar-refractivity contribution is -0.145. The van der Waals surface area contributed by atoms with Crippen molar-refractivity contribution >= 4 is 29.2 Å². The number of halogens is 1. The zero-order valence-electron chi connectivity index (χ0n) is 21.5. The van der Waals surface area contributed by atoms with Crippen molar-refractivity contribution in [3.8, 4) is 17.2 Å². The second kappa shape index (κ2) is 12.3. The van der Waals surface area contributed by atoms with Gasteiger partial charge in [-0.2, -0.15) is 4.98 Å². The Labute approximate surface area is 228 Å². The minimum atomic E-state index is -0.795. The maximum atomic E-state index is 13.5. The summed E-state index contributed by atoms with van der Waals surface area (Å²) < 4.78 is 17.9. The molecule has 2 aromatic heterocycles. The average Bonchev–Trinajstić information content (AvgIpc) is 2.94. The Morgan fingerprint density at radius 1 is 0.974 bits per heavy atom. The molecule has 0 radical (unpaired) electrons. The SMILES string of the molecule is COC(=O)[C@@H](C)Cn1c(=O)nc(Nc2ccc(Oc3cncc(OC)c3)cc2)n(Cc2ccc(Cl)cc2)c1=O. The molecule has 0 aliphatic rings. The number of hydrogen-bond donors (Lipinski definition) is 1. The molecule has 0 spiro atoms. The van der Waals surface area contributed by atoms with Crippen LogP contribution < -0.4 is 26.2 Å². The largest absolute Gasteiger partial charge is 0.495 e. The second-order valence-corrected chi connectivity index (χ2v) is 9.00. The predicted molar refractivity (Wildman–Crippen MR) is 145 cm³/mol. The van der Waals surface area contributed by atoms with Gasteiger partial charge in [-0.15, -0.1) is 0 Å². The van der Waals surface area contributed by atoms with Gasteiger partial charge in [-0.1, -0.05) is 30.7 Å². The summed E-state index contributed by atoms with van der Waals surface area (Å²) in [6.07, 6.45) is 3.13. The molecule has 0 saturated carbocycles. The molecule has 2 heterocycles. The summed E-state index contributed by atoms with van der Waals surface area (Å²) >= 11 is 6.01. The molecule has 1 N–H and O–H groups in total. The van der Waals surface area contributed by atoms with Crippen LogP contribution in [-0.2, 0) is 22.6 Å². The first-order chi connectivity index (χ1) is 18.8. The maximum absolute atomic E-state index is 13.5. The van der Waals surface area contributed by atoms with Gasteiger partial charge in [-0.05, 0) is 42.0 Å². The maximum Gasteiger partial charge on any atom is 0.354 e. The van der Waals surface area contributed by atoms with Crippen LogP contribution in [0.5, 0.6) is 17.2 Å². The smallest absolute Gasteiger partial charge is 0.354 e. The van der Waals surface area contributed by atoms with Gasteiger partial charge in [0.15, 0.2) is 0 Å². The van der Waals surface area contributed by atoms with Gasteiger partial charge < -0.3 is 19.5 Å². The highest BCUT2D eigenvalue weighted by atomic mass is 35.5. The number of anilines is 2. The van der Waals surface area contributed by atoms with Crippen molar-refractivity contribution in [2.75, 3.05) is 19.5 Å². The van der Waals surface area contributed by atoms with Crippen LogP contribution in [0.25, 0.3) is 0 Å². The Hall–Kier alpha value is -4.64. The van der Waals surface area contributed by atoms with E-state index in [2.05, 4.69) is 15.3 Å². The molecule has 202 valence electrons. The highest BCUT2D eigenvalue weighted by molar-refractivity contribution is 6.30. The summed E-state index contributed by atoms with van der Waals surface area (Å²) in [7, 11) is 2.79. The number of hydrogen-bond acceptors (Lipinski definition) is 9. The highest BCUT2D eigenvalue weighted by Crippen LogP contribution is 2.26. The Morgan fingerprint density at radius 3 is 2.33 bits per heavy atom. The number of pyridine rings is 1. The fourth-order valence-electron chi connectivity index (χ4n) is 3.68. The number of carbonyl (C=O) groups excluding carboxylic acids is 1. The minimum absolute atomic E-state index is 0.0348. The van der Waals surface area contributed by atoms with Gasteiger partial charge in [-0.25, -0.2) is 14.2 Å². The van der Waals surface area contributed by atoms with Crippen LogP contribution in [0.15, 0.2) is 76.6 Å². The number of nitrogens with zero attached hydrogens (tertiary/aromatic N) is 4. The van der Waals surface area contributed by atoms with E-state index in [4.69, 9.17) is 25.8 Å².